The van der Waals surface area contributed by atoms with Gasteiger partial charge in [-0.2, -0.15) is 37.9 Å². The van der Waals surface area contributed by atoms with E-state index < -0.39 is 59.1 Å². The molecule has 0 aromatic rings. The summed E-state index contributed by atoms with van der Waals surface area (Å²) in [7, 11) is 0. The van der Waals surface area contributed by atoms with Crippen molar-refractivity contribution in [1.29, 1.82) is 0 Å². The highest BCUT2D eigenvalue weighted by atomic mass is 32.1. The molecule has 2 atom stereocenters. The third-order valence-corrected chi connectivity index (χ3v) is 6.63. The lowest BCUT2D eigenvalue weighted by atomic mass is 9.73. The van der Waals surface area contributed by atoms with E-state index in [0.29, 0.717) is 0 Å². The van der Waals surface area contributed by atoms with Gasteiger partial charge in [-0.05, 0) is 49.9 Å². The standard InChI is InChI=1S/C22H36N6O7S3/c1-12(29)13-8-14(20(33)26-23-17(30)2-5-36)10-16(22(35)28-25-19(32)4-7-38)11-15(9-13)21(34)27-24-18(31)3-6-37/h13-16,36-38H,2-11H2,1H3,(H,23,30)(H,24,31)(H,25,32)(H,26,33)(H,27,34)(H,28,35). The van der Waals surface area contributed by atoms with Crippen LogP contribution in [0.4, 0.5) is 0 Å². The number of carbonyl (C=O) groups is 7. The first-order valence-corrected chi connectivity index (χ1v) is 14.0. The van der Waals surface area contributed by atoms with E-state index in [4.69, 9.17) is 0 Å². The minimum absolute atomic E-state index is 0.0230. The molecule has 2 unspecified atom stereocenters. The molecule has 1 aliphatic rings. The van der Waals surface area contributed by atoms with Crippen molar-refractivity contribution >= 4 is 79.1 Å². The maximum Gasteiger partial charge on any atom is 0.241 e. The maximum absolute atomic E-state index is 13.0. The fraction of sp³-hybridized carbons (Fsp3) is 0.682. The summed E-state index contributed by atoms with van der Waals surface area (Å²) >= 11 is 11.9. The van der Waals surface area contributed by atoms with E-state index in [0.717, 1.165) is 0 Å². The van der Waals surface area contributed by atoms with Crippen LogP contribution in [0.3, 0.4) is 0 Å². The van der Waals surface area contributed by atoms with Crippen molar-refractivity contribution in [3.8, 4) is 0 Å². The highest BCUT2D eigenvalue weighted by molar-refractivity contribution is 7.80. The molecule has 6 N–H and O–H groups in total. The van der Waals surface area contributed by atoms with Crippen LogP contribution in [0.1, 0.15) is 51.9 Å². The summed E-state index contributed by atoms with van der Waals surface area (Å²) in [6.45, 7) is 1.35. The molecule has 0 aromatic heterocycles. The Hall–Kier alpha value is -2.46. The van der Waals surface area contributed by atoms with Gasteiger partial charge in [-0.1, -0.05) is 0 Å². The SMILES string of the molecule is CC(=O)C1CC(C(=O)NNC(=O)CCS)CC(C(=O)NNC(=O)CCS)CC(C(=O)NNC(=O)CCS)C1. The first-order valence-electron chi connectivity index (χ1n) is 12.1. The summed E-state index contributed by atoms with van der Waals surface area (Å²) < 4.78 is 0. The predicted octanol–water partition coefficient (Wildman–Crippen LogP) is -0.984. The number of nitrogens with one attached hydrogen (secondary N) is 6. The van der Waals surface area contributed by atoms with Gasteiger partial charge in [-0.15, -0.1) is 0 Å². The number of rotatable bonds is 10. The van der Waals surface area contributed by atoms with Crippen molar-refractivity contribution in [3.63, 3.8) is 0 Å². The van der Waals surface area contributed by atoms with E-state index in [1.807, 2.05) is 0 Å². The Morgan fingerprint density at radius 3 is 1.00 bits per heavy atom. The molecule has 6 amide bonds. The summed E-state index contributed by atoms with van der Waals surface area (Å²) in [6.07, 6.45) is 0.113. The molecule has 0 radical (unpaired) electrons. The van der Waals surface area contributed by atoms with Gasteiger partial charge in [0.2, 0.25) is 35.4 Å². The van der Waals surface area contributed by atoms with Crippen LogP contribution in [0, 0.1) is 23.7 Å². The van der Waals surface area contributed by atoms with E-state index in [9.17, 15) is 33.6 Å². The third-order valence-electron chi connectivity index (χ3n) is 5.96. The zero-order chi connectivity index (χ0) is 28.7. The molecule has 0 spiro atoms. The number of ketones is 1. The van der Waals surface area contributed by atoms with Crippen LogP contribution in [0.25, 0.3) is 0 Å². The van der Waals surface area contributed by atoms with Crippen LogP contribution in [-0.2, 0) is 33.6 Å². The van der Waals surface area contributed by atoms with E-state index in [-0.39, 0.29) is 68.0 Å². The molecule has 16 heteroatoms. The molecule has 214 valence electrons. The number of hydrazine groups is 3. The van der Waals surface area contributed by atoms with Crippen LogP contribution in [0.5, 0.6) is 0 Å². The molecule has 0 heterocycles. The van der Waals surface area contributed by atoms with E-state index in [1.165, 1.54) is 6.92 Å². The number of carbonyl (C=O) groups excluding carboxylic acids is 7. The van der Waals surface area contributed by atoms with Gasteiger partial charge in [0, 0.05) is 42.9 Å². The highest BCUT2D eigenvalue weighted by Gasteiger charge is 2.39. The smallest absolute Gasteiger partial charge is 0.241 e. The summed E-state index contributed by atoms with van der Waals surface area (Å²) in [5.41, 5.74) is 13.8. The maximum atomic E-state index is 13.0. The number of amides is 6. The number of Topliss-reactive ketones (excluding diaryl/α,β-unsaturated/α-hetero) is 1. The van der Waals surface area contributed by atoms with Gasteiger partial charge in [0.15, 0.2) is 0 Å². The van der Waals surface area contributed by atoms with Crippen LogP contribution in [0.2, 0.25) is 0 Å². The molecule has 0 bridgehead atoms. The predicted molar refractivity (Wildman–Crippen MR) is 147 cm³/mol. The van der Waals surface area contributed by atoms with Gasteiger partial charge < -0.3 is 0 Å². The molecule has 0 saturated heterocycles. The molecular formula is C22H36N6O7S3. The van der Waals surface area contributed by atoms with Gasteiger partial charge in [-0.3, -0.25) is 66.1 Å². The zero-order valence-corrected chi connectivity index (χ0v) is 23.8. The van der Waals surface area contributed by atoms with Crippen molar-refractivity contribution in [2.75, 3.05) is 17.3 Å². The summed E-state index contributed by atoms with van der Waals surface area (Å²) in [5.74, 6) is -5.98. The lowest BCUT2D eigenvalue weighted by Gasteiger charge is -2.32. The second-order valence-electron chi connectivity index (χ2n) is 8.87. The van der Waals surface area contributed by atoms with Gasteiger partial charge in [0.1, 0.15) is 5.78 Å². The molecule has 1 aliphatic carbocycles. The first-order chi connectivity index (χ1) is 18.0. The number of hydrogen-bond donors (Lipinski definition) is 9. The Morgan fingerprint density at radius 1 is 0.500 bits per heavy atom. The molecule has 0 aromatic carbocycles. The first kappa shape index (κ1) is 33.6. The molecule has 1 rings (SSSR count). The van der Waals surface area contributed by atoms with E-state index in [1.54, 1.807) is 0 Å². The fourth-order valence-corrected chi connectivity index (χ4v) is 4.53. The lowest BCUT2D eigenvalue weighted by Crippen LogP contribution is -2.50. The molecule has 1 saturated carbocycles. The largest absolute Gasteiger partial charge is 0.300 e. The van der Waals surface area contributed by atoms with Crippen LogP contribution < -0.4 is 32.6 Å². The van der Waals surface area contributed by atoms with Gasteiger partial charge in [-0.25, -0.2) is 0 Å². The summed E-state index contributed by atoms with van der Waals surface area (Å²) in [4.78, 5) is 86.5. The normalized spacial score (nSPS) is 21.1. The van der Waals surface area contributed by atoms with Crippen molar-refractivity contribution < 1.29 is 33.6 Å². The Morgan fingerprint density at radius 2 is 0.763 bits per heavy atom. The highest BCUT2D eigenvalue weighted by Crippen LogP contribution is 2.34. The molecule has 1 fully saturated rings. The topological polar surface area (TPSA) is 192 Å². The Balaban J connectivity index is 3.12. The van der Waals surface area contributed by atoms with Gasteiger partial charge >= 0.3 is 0 Å². The lowest BCUT2D eigenvalue weighted by molar-refractivity contribution is -0.138. The zero-order valence-electron chi connectivity index (χ0n) is 21.1. The van der Waals surface area contributed by atoms with Crippen molar-refractivity contribution in [2.24, 2.45) is 23.7 Å². The van der Waals surface area contributed by atoms with Crippen molar-refractivity contribution in [1.82, 2.24) is 32.6 Å². The average Bonchev–Trinajstić information content (AvgIpc) is 2.84. The van der Waals surface area contributed by atoms with Gasteiger partial charge in [0.05, 0.1) is 0 Å². The molecule has 13 nitrogen and oxygen atoms in total. The van der Waals surface area contributed by atoms with Crippen molar-refractivity contribution in [2.45, 2.75) is 51.9 Å². The quantitative estimate of drug-likeness (QED) is 0.115. The number of hydrogen-bond acceptors (Lipinski definition) is 10. The second-order valence-corrected chi connectivity index (χ2v) is 10.2. The van der Waals surface area contributed by atoms with Gasteiger partial charge in [0.25, 0.3) is 0 Å². The minimum Gasteiger partial charge on any atom is -0.300 e. The molecular weight excluding hydrogens is 556 g/mol. The van der Waals surface area contributed by atoms with Crippen LogP contribution in [0.15, 0.2) is 0 Å². The van der Waals surface area contributed by atoms with Crippen molar-refractivity contribution in [3.05, 3.63) is 0 Å². The third kappa shape index (κ3) is 12.4. The average molecular weight is 593 g/mol. The molecule has 38 heavy (non-hydrogen) atoms. The Kier molecular flexibility index (Phi) is 15.8. The number of thiol groups is 3. The Labute approximate surface area is 237 Å². The van der Waals surface area contributed by atoms with E-state index >= 15 is 0 Å². The monoisotopic (exact) mass is 592 g/mol. The van der Waals surface area contributed by atoms with Crippen LogP contribution in [-0.4, -0.2) is 58.5 Å². The van der Waals surface area contributed by atoms with Crippen LogP contribution >= 0.6 is 37.9 Å². The minimum atomic E-state index is -0.924. The molecule has 0 aliphatic heterocycles. The summed E-state index contributed by atoms with van der Waals surface area (Å²) in [5, 5.41) is 0. The Bertz CT molecular complexity index is 845. The van der Waals surface area contributed by atoms with E-state index in [2.05, 4.69) is 70.4 Å². The second kappa shape index (κ2) is 17.9. The summed E-state index contributed by atoms with van der Waals surface area (Å²) in [6, 6.07) is 0. The fourth-order valence-electron chi connectivity index (χ4n) is 3.93.